The molecule has 1 aliphatic heterocycles. The Bertz CT molecular complexity index is 1040. The van der Waals surface area contributed by atoms with Crippen LogP contribution in [0.25, 0.3) is 11.1 Å². The fourth-order valence-corrected chi connectivity index (χ4v) is 4.75. The first-order chi connectivity index (χ1) is 16.7. The lowest BCUT2D eigenvalue weighted by atomic mass is 9.75. The van der Waals surface area contributed by atoms with Crippen LogP contribution >= 0.6 is 0 Å². The normalized spacial score (nSPS) is 23.3. The van der Waals surface area contributed by atoms with Crippen molar-refractivity contribution in [2.24, 2.45) is 5.92 Å². The number of hydrogen-bond acceptors (Lipinski definition) is 5. The molecule has 0 spiro atoms. The molecular weight excluding hydrogens is 442 g/mol. The maximum atomic E-state index is 11.3. The summed E-state index contributed by atoms with van der Waals surface area (Å²) in [6.07, 6.45) is 1.83. The quantitative estimate of drug-likeness (QED) is 0.442. The Labute approximate surface area is 208 Å². The summed E-state index contributed by atoms with van der Waals surface area (Å²) in [5, 5.41) is 24.5. The van der Waals surface area contributed by atoms with Crippen LogP contribution in [0.1, 0.15) is 37.8 Å². The van der Waals surface area contributed by atoms with Gasteiger partial charge in [-0.2, -0.15) is 0 Å². The van der Waals surface area contributed by atoms with E-state index in [1.54, 1.807) is 12.2 Å². The van der Waals surface area contributed by atoms with Gasteiger partial charge in [-0.25, -0.2) is 0 Å². The largest absolute Gasteiger partial charge is 0.462 e. The number of ether oxygens (including phenoxy) is 2. The van der Waals surface area contributed by atoms with Gasteiger partial charge < -0.3 is 25.0 Å². The van der Waals surface area contributed by atoms with E-state index in [4.69, 9.17) is 9.47 Å². The molecule has 0 bridgehead atoms. The number of hydrogen-bond donors (Lipinski definition) is 3. The molecule has 1 amide bonds. The molecule has 0 aliphatic carbocycles. The summed E-state index contributed by atoms with van der Waals surface area (Å²) in [5.41, 5.74) is 3.41. The predicted molar refractivity (Wildman–Crippen MR) is 138 cm³/mol. The van der Waals surface area contributed by atoms with Gasteiger partial charge in [0, 0.05) is 19.4 Å². The summed E-state index contributed by atoms with van der Waals surface area (Å²) >= 11 is 0. The van der Waals surface area contributed by atoms with Gasteiger partial charge >= 0.3 is 0 Å². The zero-order chi connectivity index (χ0) is 25.6. The molecule has 1 aliphatic rings. The summed E-state index contributed by atoms with van der Waals surface area (Å²) in [4.78, 5) is 11.3. The SMILES string of the molecule is C=CCC1(CC=C)O[C@@H](Oc2ccc(CCNC(C)=O)c(-c3cccc(C)c3)c2)[C@H](O)[C@H](O)[C@H]1C. The first-order valence-corrected chi connectivity index (χ1v) is 12.1. The van der Waals surface area contributed by atoms with Gasteiger partial charge in [-0.15, -0.1) is 13.2 Å². The van der Waals surface area contributed by atoms with E-state index in [1.165, 1.54) is 6.92 Å². The van der Waals surface area contributed by atoms with E-state index in [-0.39, 0.29) is 11.8 Å². The third-order valence-corrected chi connectivity index (χ3v) is 6.73. The monoisotopic (exact) mass is 479 g/mol. The van der Waals surface area contributed by atoms with Crippen molar-refractivity contribution in [2.75, 3.05) is 6.54 Å². The lowest BCUT2D eigenvalue weighted by Gasteiger charge is -2.49. The molecule has 0 radical (unpaired) electrons. The van der Waals surface area contributed by atoms with Crippen molar-refractivity contribution in [1.29, 1.82) is 0 Å². The molecule has 0 unspecified atom stereocenters. The van der Waals surface area contributed by atoms with Crippen molar-refractivity contribution >= 4 is 5.91 Å². The lowest BCUT2D eigenvalue weighted by Crippen LogP contribution is -2.61. The smallest absolute Gasteiger partial charge is 0.229 e. The summed E-state index contributed by atoms with van der Waals surface area (Å²) in [7, 11) is 0. The van der Waals surface area contributed by atoms with Crippen molar-refractivity contribution in [3.63, 3.8) is 0 Å². The highest BCUT2D eigenvalue weighted by Crippen LogP contribution is 2.41. The van der Waals surface area contributed by atoms with E-state index in [0.717, 1.165) is 22.3 Å². The van der Waals surface area contributed by atoms with E-state index in [9.17, 15) is 15.0 Å². The Hall–Kier alpha value is -2.93. The van der Waals surface area contributed by atoms with Crippen LogP contribution in [0.5, 0.6) is 5.75 Å². The molecule has 4 atom stereocenters. The number of aliphatic hydroxyl groups excluding tert-OH is 2. The molecular formula is C29H37NO5. The van der Waals surface area contributed by atoms with E-state index >= 15 is 0 Å². The van der Waals surface area contributed by atoms with Crippen LogP contribution in [-0.2, 0) is 16.0 Å². The van der Waals surface area contributed by atoms with Gasteiger partial charge in [0.2, 0.25) is 12.2 Å². The summed E-state index contributed by atoms with van der Waals surface area (Å²) < 4.78 is 12.5. The molecule has 3 N–H and O–H groups in total. The number of rotatable bonds is 10. The number of carbonyl (C=O) groups excluding carboxylic acids is 1. The number of aryl methyl sites for hydroxylation is 1. The number of benzene rings is 2. The predicted octanol–water partition coefficient (Wildman–Crippen LogP) is 4.32. The minimum Gasteiger partial charge on any atom is -0.462 e. The zero-order valence-corrected chi connectivity index (χ0v) is 20.9. The molecule has 35 heavy (non-hydrogen) atoms. The Balaban J connectivity index is 1.93. The van der Waals surface area contributed by atoms with Gasteiger partial charge in [0.15, 0.2) is 0 Å². The second-order valence-corrected chi connectivity index (χ2v) is 9.35. The van der Waals surface area contributed by atoms with Gasteiger partial charge in [-0.1, -0.05) is 55.0 Å². The number of nitrogens with one attached hydrogen (secondary N) is 1. The van der Waals surface area contributed by atoms with Crippen LogP contribution in [0.4, 0.5) is 0 Å². The molecule has 0 aromatic heterocycles. The molecule has 1 fully saturated rings. The average Bonchev–Trinajstić information content (AvgIpc) is 2.82. The lowest BCUT2D eigenvalue weighted by molar-refractivity contribution is -0.293. The minimum absolute atomic E-state index is 0.0687. The third-order valence-electron chi connectivity index (χ3n) is 6.73. The molecule has 6 nitrogen and oxygen atoms in total. The highest BCUT2D eigenvalue weighted by Gasteiger charge is 2.51. The van der Waals surface area contributed by atoms with E-state index < -0.39 is 24.1 Å². The summed E-state index contributed by atoms with van der Waals surface area (Å²) in [6, 6.07) is 13.9. The molecule has 2 aromatic carbocycles. The van der Waals surface area contributed by atoms with Crippen molar-refractivity contribution in [3.05, 3.63) is 78.9 Å². The van der Waals surface area contributed by atoms with E-state index in [0.29, 0.717) is 31.6 Å². The Morgan fingerprint density at radius 2 is 1.86 bits per heavy atom. The van der Waals surface area contributed by atoms with Crippen molar-refractivity contribution in [1.82, 2.24) is 5.32 Å². The molecule has 188 valence electrons. The Kier molecular flexibility index (Phi) is 8.89. The van der Waals surface area contributed by atoms with Crippen LogP contribution in [0.3, 0.4) is 0 Å². The van der Waals surface area contributed by atoms with Gasteiger partial charge in [0.1, 0.15) is 11.9 Å². The van der Waals surface area contributed by atoms with Crippen LogP contribution < -0.4 is 10.1 Å². The fraction of sp³-hybridized carbons (Fsp3) is 0.414. The Morgan fingerprint density at radius 3 is 2.49 bits per heavy atom. The third kappa shape index (κ3) is 6.20. The molecule has 1 heterocycles. The van der Waals surface area contributed by atoms with Gasteiger partial charge in [0.25, 0.3) is 0 Å². The average molecular weight is 480 g/mol. The van der Waals surface area contributed by atoms with Gasteiger partial charge in [-0.3, -0.25) is 4.79 Å². The molecule has 3 rings (SSSR count). The summed E-state index contributed by atoms with van der Waals surface area (Å²) in [6.45, 7) is 13.6. The molecule has 2 aromatic rings. The van der Waals surface area contributed by atoms with E-state index in [1.807, 2.05) is 50.2 Å². The second kappa shape index (κ2) is 11.7. The van der Waals surface area contributed by atoms with Gasteiger partial charge in [-0.05, 0) is 55.0 Å². The molecule has 1 saturated heterocycles. The van der Waals surface area contributed by atoms with Crippen LogP contribution in [0.15, 0.2) is 67.8 Å². The van der Waals surface area contributed by atoms with Crippen molar-refractivity contribution in [2.45, 2.75) is 64.1 Å². The highest BCUT2D eigenvalue weighted by molar-refractivity contribution is 5.73. The minimum atomic E-state index is -1.21. The number of aliphatic hydroxyl groups is 2. The standard InChI is InChI=1S/C29H37NO5/c1-6-14-29(15-7-2)20(4)26(32)27(33)28(35-29)34-24-12-11-22(13-16-30-21(5)31)25(18-24)23-10-8-9-19(3)17-23/h6-12,17-18,20,26-28,32-33H,1-2,13-16H2,3-5H3,(H,30,31)/t20-,26-,27-,28-/m1/s1. The Morgan fingerprint density at radius 1 is 1.14 bits per heavy atom. The maximum absolute atomic E-state index is 11.3. The van der Waals surface area contributed by atoms with Crippen molar-refractivity contribution in [3.8, 4) is 16.9 Å². The van der Waals surface area contributed by atoms with E-state index in [2.05, 4.69) is 24.5 Å². The first-order valence-electron chi connectivity index (χ1n) is 12.1. The second-order valence-electron chi connectivity index (χ2n) is 9.35. The number of amides is 1. The number of carbonyl (C=O) groups is 1. The van der Waals surface area contributed by atoms with Gasteiger partial charge in [0.05, 0.1) is 11.7 Å². The van der Waals surface area contributed by atoms with Crippen LogP contribution in [0, 0.1) is 12.8 Å². The summed E-state index contributed by atoms with van der Waals surface area (Å²) in [5.74, 6) is 0.106. The zero-order valence-electron chi connectivity index (χ0n) is 20.9. The molecule has 0 saturated carbocycles. The topological polar surface area (TPSA) is 88.0 Å². The van der Waals surface area contributed by atoms with Crippen LogP contribution in [-0.4, -0.2) is 46.8 Å². The van der Waals surface area contributed by atoms with Crippen LogP contribution in [0.2, 0.25) is 0 Å². The maximum Gasteiger partial charge on any atom is 0.229 e. The highest BCUT2D eigenvalue weighted by atomic mass is 16.7. The first kappa shape index (κ1) is 26.7. The molecule has 6 heteroatoms. The fourth-order valence-electron chi connectivity index (χ4n) is 4.75. The van der Waals surface area contributed by atoms with Crippen molar-refractivity contribution < 1.29 is 24.5 Å².